The van der Waals surface area contributed by atoms with E-state index in [0.29, 0.717) is 11.8 Å². The SMILES string of the molecule is CC(C)OC(=Nc1ccccc1)C1CCC(C(=Nc2ccccc2)OC(C)C)CC1. The average molecular weight is 407 g/mol. The van der Waals surface area contributed by atoms with Gasteiger partial charge in [-0.15, -0.1) is 0 Å². The van der Waals surface area contributed by atoms with Crippen LogP contribution in [0.15, 0.2) is 70.6 Å². The standard InChI is InChI=1S/C26H34N2O2/c1-19(2)29-25(27-23-11-7-5-8-12-23)21-15-17-22(18-16-21)26(30-20(3)4)28-24-13-9-6-10-14-24/h5-14,19-22H,15-18H2,1-4H3. The number of rotatable bonds is 6. The molecule has 1 aliphatic carbocycles. The van der Waals surface area contributed by atoms with E-state index in [4.69, 9.17) is 19.5 Å². The van der Waals surface area contributed by atoms with Gasteiger partial charge < -0.3 is 9.47 Å². The van der Waals surface area contributed by atoms with E-state index in [1.807, 2.05) is 60.7 Å². The Labute approximate surface area is 181 Å². The van der Waals surface area contributed by atoms with E-state index in [2.05, 4.69) is 27.7 Å². The van der Waals surface area contributed by atoms with Gasteiger partial charge in [0.1, 0.15) is 0 Å². The molecular weight excluding hydrogens is 372 g/mol. The first-order chi connectivity index (χ1) is 14.5. The summed E-state index contributed by atoms with van der Waals surface area (Å²) in [7, 11) is 0. The lowest BCUT2D eigenvalue weighted by Crippen LogP contribution is -2.30. The summed E-state index contributed by atoms with van der Waals surface area (Å²) in [5.74, 6) is 2.39. The lowest BCUT2D eigenvalue weighted by molar-refractivity contribution is 0.182. The van der Waals surface area contributed by atoms with Gasteiger partial charge in [-0.1, -0.05) is 36.4 Å². The van der Waals surface area contributed by atoms with Crippen LogP contribution in [-0.2, 0) is 9.47 Å². The highest BCUT2D eigenvalue weighted by Gasteiger charge is 2.30. The van der Waals surface area contributed by atoms with Gasteiger partial charge in [0.25, 0.3) is 0 Å². The minimum absolute atomic E-state index is 0.115. The zero-order chi connectivity index (χ0) is 21.3. The first kappa shape index (κ1) is 22.1. The highest BCUT2D eigenvalue weighted by molar-refractivity contribution is 5.84. The molecule has 0 amide bonds. The smallest absolute Gasteiger partial charge is 0.191 e. The second-order valence-electron chi connectivity index (χ2n) is 8.45. The maximum Gasteiger partial charge on any atom is 0.191 e. The molecule has 0 bridgehead atoms. The van der Waals surface area contributed by atoms with Crippen molar-refractivity contribution >= 4 is 23.2 Å². The summed E-state index contributed by atoms with van der Waals surface area (Å²) < 4.78 is 12.3. The van der Waals surface area contributed by atoms with Crippen LogP contribution < -0.4 is 0 Å². The van der Waals surface area contributed by atoms with Gasteiger partial charge in [-0.25, -0.2) is 9.98 Å². The van der Waals surface area contributed by atoms with Crippen LogP contribution in [0, 0.1) is 11.8 Å². The van der Waals surface area contributed by atoms with Gasteiger partial charge in [-0.05, 0) is 77.6 Å². The van der Waals surface area contributed by atoms with Gasteiger partial charge in [0.2, 0.25) is 0 Å². The zero-order valence-corrected chi connectivity index (χ0v) is 18.6. The summed E-state index contributed by atoms with van der Waals surface area (Å²) in [5, 5.41) is 0. The number of benzene rings is 2. The van der Waals surface area contributed by atoms with Crippen molar-refractivity contribution in [2.45, 2.75) is 65.6 Å². The van der Waals surface area contributed by atoms with Crippen molar-refractivity contribution in [3.05, 3.63) is 60.7 Å². The van der Waals surface area contributed by atoms with E-state index in [1.165, 1.54) is 0 Å². The molecule has 0 saturated heterocycles. The third-order valence-electron chi connectivity index (χ3n) is 5.13. The molecule has 4 heteroatoms. The van der Waals surface area contributed by atoms with E-state index in [1.54, 1.807) is 0 Å². The van der Waals surface area contributed by atoms with Crippen molar-refractivity contribution in [3.63, 3.8) is 0 Å². The minimum Gasteiger partial charge on any atom is -0.478 e. The van der Waals surface area contributed by atoms with Gasteiger partial charge in [-0.3, -0.25) is 0 Å². The second kappa shape index (κ2) is 11.0. The Bertz CT molecular complexity index is 749. The van der Waals surface area contributed by atoms with Crippen LogP contribution in [0.25, 0.3) is 0 Å². The van der Waals surface area contributed by atoms with Crippen molar-refractivity contribution in [2.24, 2.45) is 21.8 Å². The Balaban J connectivity index is 1.73. The summed E-state index contributed by atoms with van der Waals surface area (Å²) in [6, 6.07) is 20.2. The molecule has 4 nitrogen and oxygen atoms in total. The molecule has 3 rings (SSSR count). The molecule has 0 radical (unpaired) electrons. The molecule has 0 atom stereocenters. The van der Waals surface area contributed by atoms with E-state index in [-0.39, 0.29) is 12.2 Å². The van der Waals surface area contributed by atoms with Crippen LogP contribution in [-0.4, -0.2) is 24.0 Å². The Morgan fingerprint density at radius 2 is 0.967 bits per heavy atom. The van der Waals surface area contributed by atoms with E-state index in [9.17, 15) is 0 Å². The zero-order valence-electron chi connectivity index (χ0n) is 18.6. The molecule has 2 aromatic rings. The van der Waals surface area contributed by atoms with E-state index >= 15 is 0 Å². The van der Waals surface area contributed by atoms with Gasteiger partial charge in [0.15, 0.2) is 11.8 Å². The second-order valence-corrected chi connectivity index (χ2v) is 8.45. The highest BCUT2D eigenvalue weighted by Crippen LogP contribution is 2.33. The summed E-state index contributed by atoms with van der Waals surface area (Å²) in [6.07, 6.45) is 4.34. The lowest BCUT2D eigenvalue weighted by Gasteiger charge is -2.31. The van der Waals surface area contributed by atoms with Crippen molar-refractivity contribution in [1.82, 2.24) is 0 Å². The maximum absolute atomic E-state index is 6.14. The monoisotopic (exact) mass is 406 g/mol. The van der Waals surface area contributed by atoms with E-state index in [0.717, 1.165) is 48.9 Å². The van der Waals surface area contributed by atoms with Crippen LogP contribution in [0.3, 0.4) is 0 Å². The number of aliphatic imine (C=N–C) groups is 2. The molecule has 1 saturated carbocycles. The molecule has 1 fully saturated rings. The van der Waals surface area contributed by atoms with Crippen LogP contribution in [0.5, 0.6) is 0 Å². The van der Waals surface area contributed by atoms with Crippen molar-refractivity contribution < 1.29 is 9.47 Å². The number of para-hydroxylation sites is 2. The number of hydrogen-bond acceptors (Lipinski definition) is 4. The third-order valence-corrected chi connectivity index (χ3v) is 5.13. The average Bonchev–Trinajstić information content (AvgIpc) is 2.74. The van der Waals surface area contributed by atoms with Crippen LogP contribution in [0.1, 0.15) is 53.4 Å². The molecule has 0 aromatic heterocycles. The molecule has 1 aliphatic rings. The molecule has 160 valence electrons. The van der Waals surface area contributed by atoms with Gasteiger partial charge in [0, 0.05) is 11.8 Å². The van der Waals surface area contributed by atoms with Gasteiger partial charge in [0.05, 0.1) is 23.6 Å². The van der Waals surface area contributed by atoms with Crippen molar-refractivity contribution in [1.29, 1.82) is 0 Å². The Morgan fingerprint density at radius 1 is 0.633 bits per heavy atom. The molecule has 0 heterocycles. The molecule has 0 spiro atoms. The fourth-order valence-corrected chi connectivity index (χ4v) is 3.76. The molecule has 0 aliphatic heterocycles. The predicted octanol–water partition coefficient (Wildman–Crippen LogP) is 7.10. The highest BCUT2D eigenvalue weighted by atomic mass is 16.5. The maximum atomic E-state index is 6.14. The fraction of sp³-hybridized carbons (Fsp3) is 0.462. The molecule has 2 aromatic carbocycles. The fourth-order valence-electron chi connectivity index (χ4n) is 3.76. The first-order valence-electron chi connectivity index (χ1n) is 11.1. The third kappa shape index (κ3) is 6.72. The van der Waals surface area contributed by atoms with Crippen LogP contribution in [0.4, 0.5) is 11.4 Å². The number of nitrogens with zero attached hydrogens (tertiary/aromatic N) is 2. The molecule has 30 heavy (non-hydrogen) atoms. The number of hydrogen-bond donors (Lipinski definition) is 0. The van der Waals surface area contributed by atoms with E-state index < -0.39 is 0 Å². The van der Waals surface area contributed by atoms with Crippen molar-refractivity contribution in [2.75, 3.05) is 0 Å². The van der Waals surface area contributed by atoms with Crippen molar-refractivity contribution in [3.8, 4) is 0 Å². The topological polar surface area (TPSA) is 43.2 Å². The summed E-state index contributed by atoms with van der Waals surface area (Å²) in [4.78, 5) is 9.68. The summed E-state index contributed by atoms with van der Waals surface area (Å²) in [5.41, 5.74) is 1.90. The molecule has 0 unspecified atom stereocenters. The largest absolute Gasteiger partial charge is 0.478 e. The predicted molar refractivity (Wildman–Crippen MR) is 125 cm³/mol. The van der Waals surface area contributed by atoms with Gasteiger partial charge >= 0.3 is 0 Å². The first-order valence-corrected chi connectivity index (χ1v) is 11.1. The van der Waals surface area contributed by atoms with Gasteiger partial charge in [-0.2, -0.15) is 0 Å². The Morgan fingerprint density at radius 3 is 1.27 bits per heavy atom. The molecular formula is C26H34N2O2. The normalized spacial score (nSPS) is 20.5. The van der Waals surface area contributed by atoms with Crippen LogP contribution >= 0.6 is 0 Å². The summed E-state index contributed by atoms with van der Waals surface area (Å²) in [6.45, 7) is 8.25. The number of ether oxygens (including phenoxy) is 2. The van der Waals surface area contributed by atoms with Crippen LogP contribution in [0.2, 0.25) is 0 Å². The lowest BCUT2D eigenvalue weighted by atomic mass is 9.81. The molecule has 0 N–H and O–H groups in total. The Hall–Kier alpha value is -2.62. The Kier molecular flexibility index (Phi) is 8.06. The minimum atomic E-state index is 0.115. The quantitative estimate of drug-likeness (QED) is 0.379. The summed E-state index contributed by atoms with van der Waals surface area (Å²) >= 11 is 0.